The molecule has 0 aliphatic heterocycles. The van der Waals surface area contributed by atoms with Crippen molar-refractivity contribution >= 4 is 11.5 Å². The number of ether oxygens (including phenoxy) is 1. The third kappa shape index (κ3) is 3.45. The van der Waals surface area contributed by atoms with E-state index in [0.29, 0.717) is 23.9 Å². The van der Waals surface area contributed by atoms with Gasteiger partial charge in [0.1, 0.15) is 23.9 Å². The molecule has 0 bridgehead atoms. The lowest BCUT2D eigenvalue weighted by atomic mass is 9.98. The predicted octanol–water partition coefficient (Wildman–Crippen LogP) is 2.98. The van der Waals surface area contributed by atoms with Gasteiger partial charge in [0.15, 0.2) is 5.82 Å². The molecule has 21 heavy (non-hydrogen) atoms. The third-order valence-corrected chi connectivity index (χ3v) is 3.69. The number of hydrogen-bond donors (Lipinski definition) is 2. The van der Waals surface area contributed by atoms with Crippen LogP contribution in [0, 0.1) is 0 Å². The molecule has 0 spiro atoms. The Balaban J connectivity index is 1.66. The van der Waals surface area contributed by atoms with Crippen LogP contribution in [-0.2, 0) is 6.54 Å². The predicted molar refractivity (Wildman–Crippen MR) is 80.0 cm³/mol. The fraction of sp³-hybridized carbons (Fsp3) is 0.467. The van der Waals surface area contributed by atoms with Crippen LogP contribution in [-0.4, -0.2) is 16.1 Å². The van der Waals surface area contributed by atoms with Gasteiger partial charge in [-0.25, -0.2) is 4.98 Å². The first-order valence-corrected chi connectivity index (χ1v) is 7.36. The highest BCUT2D eigenvalue weighted by Crippen LogP contribution is 2.29. The highest BCUT2D eigenvalue weighted by Gasteiger charge is 2.18. The number of hydrogen-bond acceptors (Lipinski definition) is 6. The highest BCUT2D eigenvalue weighted by atomic mass is 16.5. The maximum atomic E-state index is 6.10. The second-order valence-corrected chi connectivity index (χ2v) is 5.25. The van der Waals surface area contributed by atoms with Gasteiger partial charge in [-0.1, -0.05) is 6.42 Å². The molecule has 0 atom stereocenters. The van der Waals surface area contributed by atoms with Gasteiger partial charge in [0, 0.05) is 0 Å². The van der Waals surface area contributed by atoms with Crippen LogP contribution in [0.1, 0.15) is 37.9 Å². The lowest BCUT2D eigenvalue weighted by Gasteiger charge is -2.23. The van der Waals surface area contributed by atoms with E-state index < -0.39 is 0 Å². The summed E-state index contributed by atoms with van der Waals surface area (Å²) in [6, 6.07) is 3.74. The summed E-state index contributed by atoms with van der Waals surface area (Å²) in [6.07, 6.45) is 9.16. The van der Waals surface area contributed by atoms with Crippen LogP contribution in [0.3, 0.4) is 0 Å². The highest BCUT2D eigenvalue weighted by molar-refractivity contribution is 5.66. The van der Waals surface area contributed by atoms with Gasteiger partial charge in [0.25, 0.3) is 0 Å². The summed E-state index contributed by atoms with van der Waals surface area (Å²) in [5.41, 5.74) is 6.55. The average molecular weight is 288 g/mol. The summed E-state index contributed by atoms with van der Waals surface area (Å²) < 4.78 is 11.2. The number of nitrogens with zero attached hydrogens (tertiary/aromatic N) is 2. The molecular formula is C15H20N4O2. The van der Waals surface area contributed by atoms with Gasteiger partial charge in [-0.05, 0) is 37.8 Å². The van der Waals surface area contributed by atoms with Crippen LogP contribution in [0.2, 0.25) is 0 Å². The summed E-state index contributed by atoms with van der Waals surface area (Å²) >= 11 is 0. The Morgan fingerprint density at radius 3 is 2.90 bits per heavy atom. The van der Waals surface area contributed by atoms with E-state index in [9.17, 15) is 0 Å². The normalized spacial score (nSPS) is 15.8. The number of rotatable bonds is 5. The fourth-order valence-corrected chi connectivity index (χ4v) is 2.54. The number of nitrogens with two attached hydrogens (primary N) is 1. The van der Waals surface area contributed by atoms with E-state index in [0.717, 1.165) is 18.6 Å². The van der Waals surface area contributed by atoms with E-state index in [-0.39, 0.29) is 6.10 Å². The molecule has 1 saturated carbocycles. The Hall–Kier alpha value is -2.24. The van der Waals surface area contributed by atoms with Crippen LogP contribution in [0.25, 0.3) is 0 Å². The smallest absolute Gasteiger partial charge is 0.242 e. The first kappa shape index (κ1) is 13.7. The Morgan fingerprint density at radius 2 is 2.14 bits per heavy atom. The molecule has 6 heteroatoms. The van der Waals surface area contributed by atoms with Crippen molar-refractivity contribution in [2.75, 3.05) is 11.1 Å². The number of furan rings is 1. The van der Waals surface area contributed by atoms with Crippen molar-refractivity contribution in [2.45, 2.75) is 44.8 Å². The van der Waals surface area contributed by atoms with Crippen molar-refractivity contribution in [1.82, 2.24) is 9.97 Å². The molecule has 0 amide bonds. The Kier molecular flexibility index (Phi) is 4.23. The van der Waals surface area contributed by atoms with Gasteiger partial charge in [-0.2, -0.15) is 4.98 Å². The molecule has 3 rings (SSSR count). The van der Waals surface area contributed by atoms with E-state index in [4.69, 9.17) is 14.9 Å². The van der Waals surface area contributed by atoms with E-state index in [1.807, 2.05) is 12.1 Å². The molecule has 0 aromatic carbocycles. The number of nitrogens with one attached hydrogen (secondary N) is 1. The fourth-order valence-electron chi connectivity index (χ4n) is 2.54. The number of anilines is 2. The van der Waals surface area contributed by atoms with Gasteiger partial charge < -0.3 is 20.2 Å². The number of nitrogen functional groups attached to an aromatic ring is 1. The van der Waals surface area contributed by atoms with Gasteiger partial charge >= 0.3 is 0 Å². The molecule has 112 valence electrons. The Labute approximate surface area is 123 Å². The zero-order valence-corrected chi connectivity index (χ0v) is 11.9. The zero-order chi connectivity index (χ0) is 14.5. The van der Waals surface area contributed by atoms with E-state index in [1.54, 1.807) is 6.26 Å². The van der Waals surface area contributed by atoms with Gasteiger partial charge in [-0.15, -0.1) is 0 Å². The van der Waals surface area contributed by atoms with Crippen LogP contribution < -0.4 is 15.8 Å². The molecular weight excluding hydrogens is 268 g/mol. The quantitative estimate of drug-likeness (QED) is 0.879. The molecule has 1 aliphatic carbocycles. The second kappa shape index (κ2) is 6.47. The minimum Gasteiger partial charge on any atom is -0.473 e. The van der Waals surface area contributed by atoms with Crippen LogP contribution in [0.15, 0.2) is 29.1 Å². The van der Waals surface area contributed by atoms with Crippen molar-refractivity contribution < 1.29 is 9.15 Å². The topological polar surface area (TPSA) is 86.2 Å². The van der Waals surface area contributed by atoms with Gasteiger partial charge in [-0.3, -0.25) is 0 Å². The summed E-state index contributed by atoms with van der Waals surface area (Å²) in [6.45, 7) is 0.525. The van der Waals surface area contributed by atoms with Crippen molar-refractivity contribution in [1.29, 1.82) is 0 Å². The maximum Gasteiger partial charge on any atom is 0.242 e. The second-order valence-electron chi connectivity index (χ2n) is 5.25. The monoisotopic (exact) mass is 288 g/mol. The molecule has 3 N–H and O–H groups in total. The molecule has 1 aliphatic rings. The molecule has 0 saturated heterocycles. The minimum atomic E-state index is 0.217. The maximum absolute atomic E-state index is 6.10. The average Bonchev–Trinajstić information content (AvgIpc) is 3.03. The molecule has 2 aromatic heterocycles. The van der Waals surface area contributed by atoms with Crippen LogP contribution in [0.5, 0.6) is 5.88 Å². The van der Waals surface area contributed by atoms with Crippen molar-refractivity contribution in [3.8, 4) is 5.88 Å². The van der Waals surface area contributed by atoms with Crippen LogP contribution >= 0.6 is 0 Å². The first-order valence-electron chi connectivity index (χ1n) is 7.36. The summed E-state index contributed by atoms with van der Waals surface area (Å²) in [7, 11) is 0. The largest absolute Gasteiger partial charge is 0.473 e. The lowest BCUT2D eigenvalue weighted by molar-refractivity contribution is 0.149. The van der Waals surface area contributed by atoms with Gasteiger partial charge in [0.2, 0.25) is 5.88 Å². The Morgan fingerprint density at radius 1 is 1.29 bits per heavy atom. The molecule has 6 nitrogen and oxygen atoms in total. The third-order valence-electron chi connectivity index (χ3n) is 3.69. The molecule has 0 unspecified atom stereocenters. The summed E-state index contributed by atoms with van der Waals surface area (Å²) in [5.74, 6) is 1.87. The van der Waals surface area contributed by atoms with E-state index in [1.165, 1.54) is 25.6 Å². The minimum absolute atomic E-state index is 0.217. The lowest BCUT2D eigenvalue weighted by Crippen LogP contribution is -2.21. The molecule has 2 heterocycles. The summed E-state index contributed by atoms with van der Waals surface area (Å²) in [5, 5.41) is 3.14. The molecule has 1 fully saturated rings. The SMILES string of the molecule is Nc1c(NCc2ccco2)ncnc1OC1CCCCC1. The number of aromatic nitrogens is 2. The van der Waals surface area contributed by atoms with Crippen LogP contribution in [0.4, 0.5) is 11.5 Å². The Bertz CT molecular complexity index is 565. The van der Waals surface area contributed by atoms with E-state index in [2.05, 4.69) is 15.3 Å². The first-order chi connectivity index (χ1) is 10.3. The van der Waals surface area contributed by atoms with Crippen molar-refractivity contribution in [3.05, 3.63) is 30.5 Å². The van der Waals surface area contributed by atoms with Crippen molar-refractivity contribution in [3.63, 3.8) is 0 Å². The molecule has 2 aromatic rings. The summed E-state index contributed by atoms with van der Waals surface area (Å²) in [4.78, 5) is 8.32. The molecule has 0 radical (unpaired) electrons. The van der Waals surface area contributed by atoms with E-state index >= 15 is 0 Å². The van der Waals surface area contributed by atoms with Gasteiger partial charge in [0.05, 0.1) is 12.8 Å². The standard InChI is InChI=1S/C15H20N4O2/c16-13-14(17-9-12-7-4-8-20-12)18-10-19-15(13)21-11-5-2-1-3-6-11/h4,7-8,10-11H,1-3,5-6,9,16H2,(H,17,18,19). The zero-order valence-electron chi connectivity index (χ0n) is 11.9. The van der Waals surface area contributed by atoms with Crippen molar-refractivity contribution in [2.24, 2.45) is 0 Å².